The van der Waals surface area contributed by atoms with Gasteiger partial charge in [-0.1, -0.05) is 0 Å². The van der Waals surface area contributed by atoms with E-state index in [2.05, 4.69) is 0 Å². The number of carboxylic acid groups (broad SMARTS) is 1. The number of ether oxygens (including phenoxy) is 2. The topological polar surface area (TPSA) is 125 Å². The molecule has 0 saturated heterocycles. The Morgan fingerprint density at radius 2 is 1.41 bits per heavy atom. The summed E-state index contributed by atoms with van der Waals surface area (Å²) in [6.07, 6.45) is 0.557. The standard InChI is InChI=1S/C18H16F4N2O5/c19-10-5-8(7-25)14(23)12(21)16(10)28-3-1-2-4-29-17-11(20)6-9(18(26)27)15(24)13(17)22/h5-7H,1-4,23-24H2,(H,26,27). The van der Waals surface area contributed by atoms with Crippen molar-refractivity contribution < 1.29 is 41.7 Å². The zero-order valence-corrected chi connectivity index (χ0v) is 14.8. The SMILES string of the molecule is Nc1c(C=O)cc(F)c(OCCCCOc2c(F)cc(C(=O)O)c(N)c2F)c1F. The van der Waals surface area contributed by atoms with Crippen LogP contribution in [0.1, 0.15) is 33.6 Å². The first-order valence-electron chi connectivity index (χ1n) is 8.18. The van der Waals surface area contributed by atoms with Crippen LogP contribution in [0.4, 0.5) is 28.9 Å². The van der Waals surface area contributed by atoms with Gasteiger partial charge in [0.05, 0.1) is 30.2 Å². The molecule has 29 heavy (non-hydrogen) atoms. The van der Waals surface area contributed by atoms with Gasteiger partial charge in [0, 0.05) is 5.56 Å². The van der Waals surface area contributed by atoms with E-state index < -0.39 is 57.7 Å². The summed E-state index contributed by atoms with van der Waals surface area (Å²) < 4.78 is 65.4. The third-order valence-corrected chi connectivity index (χ3v) is 3.85. The lowest BCUT2D eigenvalue weighted by atomic mass is 10.1. The molecule has 0 aliphatic carbocycles. The van der Waals surface area contributed by atoms with Crippen molar-refractivity contribution in [3.63, 3.8) is 0 Å². The van der Waals surface area contributed by atoms with E-state index in [4.69, 9.17) is 26.0 Å². The van der Waals surface area contributed by atoms with Crippen LogP contribution in [0, 0.1) is 23.3 Å². The number of unbranched alkanes of at least 4 members (excludes halogenated alkanes) is 1. The number of anilines is 2. The number of carboxylic acids is 1. The van der Waals surface area contributed by atoms with Crippen molar-refractivity contribution >= 4 is 23.6 Å². The van der Waals surface area contributed by atoms with Gasteiger partial charge in [-0.15, -0.1) is 0 Å². The highest BCUT2D eigenvalue weighted by atomic mass is 19.1. The highest BCUT2D eigenvalue weighted by Gasteiger charge is 2.21. The normalized spacial score (nSPS) is 10.6. The summed E-state index contributed by atoms with van der Waals surface area (Å²) in [6, 6.07) is 1.28. The molecule has 0 bridgehead atoms. The van der Waals surface area contributed by atoms with E-state index >= 15 is 0 Å². The quantitative estimate of drug-likeness (QED) is 0.248. The van der Waals surface area contributed by atoms with Crippen molar-refractivity contribution in [3.8, 4) is 11.5 Å². The van der Waals surface area contributed by atoms with E-state index in [9.17, 15) is 27.2 Å². The predicted molar refractivity (Wildman–Crippen MR) is 94.1 cm³/mol. The molecule has 2 aromatic carbocycles. The van der Waals surface area contributed by atoms with E-state index in [1.807, 2.05) is 0 Å². The average molecular weight is 416 g/mol. The van der Waals surface area contributed by atoms with Crippen molar-refractivity contribution in [2.75, 3.05) is 24.7 Å². The third-order valence-electron chi connectivity index (χ3n) is 3.85. The van der Waals surface area contributed by atoms with E-state index in [-0.39, 0.29) is 37.9 Å². The van der Waals surface area contributed by atoms with E-state index in [1.54, 1.807) is 0 Å². The highest BCUT2D eigenvalue weighted by molar-refractivity contribution is 5.94. The first-order valence-corrected chi connectivity index (χ1v) is 8.18. The predicted octanol–water partition coefficient (Wildman–Crippen LogP) is 3.16. The number of hydrogen-bond acceptors (Lipinski definition) is 6. The van der Waals surface area contributed by atoms with Gasteiger partial charge in [0.1, 0.15) is 0 Å². The van der Waals surface area contributed by atoms with Gasteiger partial charge in [0.2, 0.25) is 0 Å². The molecule has 2 aromatic rings. The molecular weight excluding hydrogens is 400 g/mol. The molecule has 0 heterocycles. The van der Waals surface area contributed by atoms with Gasteiger partial charge in [-0.3, -0.25) is 4.79 Å². The fourth-order valence-corrected chi connectivity index (χ4v) is 2.34. The third kappa shape index (κ3) is 4.68. The Labute approximate surface area is 161 Å². The van der Waals surface area contributed by atoms with Gasteiger partial charge in [-0.05, 0) is 25.0 Å². The molecule has 11 heteroatoms. The zero-order chi connectivity index (χ0) is 21.7. The Hall–Kier alpha value is -3.50. The summed E-state index contributed by atoms with van der Waals surface area (Å²) >= 11 is 0. The molecule has 156 valence electrons. The molecule has 0 spiro atoms. The van der Waals surface area contributed by atoms with Crippen molar-refractivity contribution in [3.05, 3.63) is 46.5 Å². The fraction of sp³-hybridized carbons (Fsp3) is 0.222. The molecule has 0 amide bonds. The molecule has 0 aliphatic heterocycles. The number of aldehydes is 1. The van der Waals surface area contributed by atoms with Crippen molar-refractivity contribution in [1.82, 2.24) is 0 Å². The van der Waals surface area contributed by atoms with Crippen LogP contribution in [0.15, 0.2) is 12.1 Å². The Morgan fingerprint density at radius 3 is 1.90 bits per heavy atom. The summed E-state index contributed by atoms with van der Waals surface area (Å²) in [4.78, 5) is 21.5. The average Bonchev–Trinajstić information content (AvgIpc) is 2.68. The maximum Gasteiger partial charge on any atom is 0.338 e. The van der Waals surface area contributed by atoms with Crippen LogP contribution in [-0.2, 0) is 0 Å². The largest absolute Gasteiger partial charge is 0.488 e. The van der Waals surface area contributed by atoms with Crippen LogP contribution in [0.2, 0.25) is 0 Å². The first-order chi connectivity index (χ1) is 13.7. The van der Waals surface area contributed by atoms with Gasteiger partial charge in [0.15, 0.2) is 41.1 Å². The van der Waals surface area contributed by atoms with Crippen LogP contribution in [0.3, 0.4) is 0 Å². The maximum absolute atomic E-state index is 14.0. The molecule has 0 aromatic heterocycles. The molecule has 0 fully saturated rings. The number of rotatable bonds is 9. The number of nitrogens with two attached hydrogens (primary N) is 2. The summed E-state index contributed by atoms with van der Waals surface area (Å²) in [6.45, 7) is -0.387. The Bertz CT molecular complexity index is 953. The minimum absolute atomic E-state index is 0.171. The molecule has 0 radical (unpaired) electrons. The van der Waals surface area contributed by atoms with Gasteiger partial charge < -0.3 is 26.0 Å². The Morgan fingerprint density at radius 1 is 0.931 bits per heavy atom. The van der Waals surface area contributed by atoms with Gasteiger partial charge in [-0.2, -0.15) is 0 Å². The van der Waals surface area contributed by atoms with E-state index in [0.29, 0.717) is 6.07 Å². The van der Waals surface area contributed by atoms with E-state index in [0.717, 1.165) is 6.07 Å². The lowest BCUT2D eigenvalue weighted by Gasteiger charge is -2.12. The number of nitrogen functional groups attached to an aromatic ring is 2. The Balaban J connectivity index is 1.90. The lowest BCUT2D eigenvalue weighted by Crippen LogP contribution is -2.10. The summed E-state index contributed by atoms with van der Waals surface area (Å²) in [7, 11) is 0. The molecule has 0 aliphatic rings. The van der Waals surface area contributed by atoms with Gasteiger partial charge in [-0.25, -0.2) is 22.4 Å². The second-order valence-electron chi connectivity index (χ2n) is 5.79. The number of benzene rings is 2. The second kappa shape index (κ2) is 9.13. The number of hydrogen-bond donors (Lipinski definition) is 3. The van der Waals surface area contributed by atoms with Gasteiger partial charge >= 0.3 is 5.97 Å². The minimum Gasteiger partial charge on any atom is -0.488 e. The lowest BCUT2D eigenvalue weighted by molar-refractivity contribution is 0.0696. The summed E-state index contributed by atoms with van der Waals surface area (Å²) in [5, 5.41) is 8.81. The van der Waals surface area contributed by atoms with Crippen LogP contribution < -0.4 is 20.9 Å². The molecule has 0 atom stereocenters. The second-order valence-corrected chi connectivity index (χ2v) is 5.79. The molecule has 0 saturated carbocycles. The van der Waals surface area contributed by atoms with Gasteiger partial charge in [0.25, 0.3) is 0 Å². The van der Waals surface area contributed by atoms with Crippen LogP contribution in [-0.4, -0.2) is 30.6 Å². The number of halogens is 4. The molecule has 7 nitrogen and oxygen atoms in total. The van der Waals surface area contributed by atoms with Crippen LogP contribution >= 0.6 is 0 Å². The number of carbonyl (C=O) groups excluding carboxylic acids is 1. The molecular formula is C18H16F4N2O5. The number of carbonyl (C=O) groups is 2. The smallest absolute Gasteiger partial charge is 0.338 e. The monoisotopic (exact) mass is 416 g/mol. The summed E-state index contributed by atoms with van der Waals surface area (Å²) in [5.74, 6) is -8.06. The fourth-order valence-electron chi connectivity index (χ4n) is 2.34. The number of aromatic carboxylic acids is 1. The van der Waals surface area contributed by atoms with Crippen molar-refractivity contribution in [2.24, 2.45) is 0 Å². The Kier molecular flexibility index (Phi) is 6.86. The molecule has 2 rings (SSSR count). The highest BCUT2D eigenvalue weighted by Crippen LogP contribution is 2.30. The van der Waals surface area contributed by atoms with Crippen LogP contribution in [0.25, 0.3) is 0 Å². The van der Waals surface area contributed by atoms with Crippen molar-refractivity contribution in [1.29, 1.82) is 0 Å². The van der Waals surface area contributed by atoms with Crippen LogP contribution in [0.5, 0.6) is 11.5 Å². The molecule has 0 unspecified atom stereocenters. The van der Waals surface area contributed by atoms with E-state index in [1.165, 1.54) is 0 Å². The van der Waals surface area contributed by atoms with Crippen molar-refractivity contribution in [2.45, 2.75) is 12.8 Å². The first kappa shape index (κ1) is 21.8. The zero-order valence-electron chi connectivity index (χ0n) is 14.8. The summed E-state index contributed by atoms with van der Waals surface area (Å²) in [5.41, 5.74) is 8.27. The maximum atomic E-state index is 14.0. The molecule has 5 N–H and O–H groups in total. The minimum atomic E-state index is -1.59.